The van der Waals surface area contributed by atoms with Gasteiger partial charge in [-0.3, -0.25) is 4.90 Å². The summed E-state index contributed by atoms with van der Waals surface area (Å²) >= 11 is 0. The summed E-state index contributed by atoms with van der Waals surface area (Å²) in [4.78, 5) is 1.98. The van der Waals surface area contributed by atoms with E-state index in [0.717, 1.165) is 17.1 Å². The molecule has 1 aromatic rings. The van der Waals surface area contributed by atoms with Crippen LogP contribution < -0.4 is 9.47 Å². The van der Waals surface area contributed by atoms with Crippen LogP contribution in [0, 0.1) is 0 Å². The van der Waals surface area contributed by atoms with Gasteiger partial charge >= 0.3 is 0 Å². The molecule has 1 aliphatic rings. The molecule has 17 heavy (non-hydrogen) atoms. The zero-order chi connectivity index (χ0) is 12.1. The molecule has 0 fully saturated rings. The lowest BCUT2D eigenvalue weighted by Crippen LogP contribution is -2.29. The summed E-state index contributed by atoms with van der Waals surface area (Å²) in [5, 5.41) is 17.9. The van der Waals surface area contributed by atoms with E-state index in [0.29, 0.717) is 19.6 Å². The lowest BCUT2D eigenvalue weighted by molar-refractivity contribution is 0.155. The van der Waals surface area contributed by atoms with Crippen LogP contribution in [0.15, 0.2) is 18.2 Å². The molecular formula is C12H17NO4. The van der Waals surface area contributed by atoms with Crippen molar-refractivity contribution in [1.29, 1.82) is 0 Å². The highest BCUT2D eigenvalue weighted by Crippen LogP contribution is 2.32. The number of rotatable bonds is 6. The molecule has 1 aliphatic heterocycles. The first-order chi connectivity index (χ1) is 8.33. The first kappa shape index (κ1) is 12.2. The van der Waals surface area contributed by atoms with E-state index < -0.39 is 0 Å². The fourth-order valence-electron chi connectivity index (χ4n) is 1.85. The molecule has 0 spiro atoms. The molecule has 2 rings (SSSR count). The molecule has 0 amide bonds. The summed E-state index contributed by atoms with van der Waals surface area (Å²) in [7, 11) is 0. The van der Waals surface area contributed by atoms with Crippen LogP contribution in [0.2, 0.25) is 0 Å². The fraction of sp³-hybridized carbons (Fsp3) is 0.500. The lowest BCUT2D eigenvalue weighted by Gasteiger charge is -2.20. The van der Waals surface area contributed by atoms with Crippen LogP contribution in [0.1, 0.15) is 5.56 Å². The summed E-state index contributed by atoms with van der Waals surface area (Å²) in [5.74, 6) is 1.53. The molecular weight excluding hydrogens is 222 g/mol. The first-order valence-electron chi connectivity index (χ1n) is 5.66. The van der Waals surface area contributed by atoms with Gasteiger partial charge in [-0.25, -0.2) is 0 Å². The van der Waals surface area contributed by atoms with Gasteiger partial charge in [0.05, 0.1) is 13.2 Å². The third-order valence-electron chi connectivity index (χ3n) is 2.68. The Labute approximate surface area is 100 Å². The smallest absolute Gasteiger partial charge is 0.231 e. The number of ether oxygens (including phenoxy) is 2. The maximum atomic E-state index is 8.93. The van der Waals surface area contributed by atoms with Crippen molar-refractivity contribution < 1.29 is 19.7 Å². The van der Waals surface area contributed by atoms with Crippen LogP contribution in [-0.2, 0) is 6.54 Å². The standard InChI is InChI=1S/C12H17NO4/c14-5-3-13(4-6-15)8-10-1-2-11-12(7-10)17-9-16-11/h1-2,7,14-15H,3-6,8-9H2. The van der Waals surface area contributed by atoms with E-state index in [-0.39, 0.29) is 20.0 Å². The normalized spacial score (nSPS) is 13.4. The first-order valence-corrected chi connectivity index (χ1v) is 5.66. The highest BCUT2D eigenvalue weighted by atomic mass is 16.7. The van der Waals surface area contributed by atoms with Crippen LogP contribution in [0.3, 0.4) is 0 Å². The maximum absolute atomic E-state index is 8.93. The van der Waals surface area contributed by atoms with Gasteiger partial charge in [0.2, 0.25) is 6.79 Å². The molecule has 5 heteroatoms. The van der Waals surface area contributed by atoms with Crippen molar-refractivity contribution in [2.45, 2.75) is 6.54 Å². The molecule has 0 aliphatic carbocycles. The fourth-order valence-corrected chi connectivity index (χ4v) is 1.85. The Balaban J connectivity index is 2.01. The van der Waals surface area contributed by atoms with Crippen molar-refractivity contribution >= 4 is 0 Å². The van der Waals surface area contributed by atoms with E-state index in [4.69, 9.17) is 19.7 Å². The molecule has 0 aromatic heterocycles. The number of aliphatic hydroxyl groups excluding tert-OH is 2. The van der Waals surface area contributed by atoms with Gasteiger partial charge < -0.3 is 19.7 Å². The molecule has 0 saturated carbocycles. The number of benzene rings is 1. The van der Waals surface area contributed by atoms with E-state index in [1.54, 1.807) is 0 Å². The zero-order valence-corrected chi connectivity index (χ0v) is 9.63. The minimum Gasteiger partial charge on any atom is -0.454 e. The molecule has 5 nitrogen and oxygen atoms in total. The van der Waals surface area contributed by atoms with Gasteiger partial charge in [-0.05, 0) is 17.7 Å². The van der Waals surface area contributed by atoms with Crippen LogP contribution >= 0.6 is 0 Å². The lowest BCUT2D eigenvalue weighted by atomic mass is 10.2. The van der Waals surface area contributed by atoms with Gasteiger partial charge in [-0.2, -0.15) is 0 Å². The van der Waals surface area contributed by atoms with Crippen LogP contribution in [0.25, 0.3) is 0 Å². The Kier molecular flexibility index (Phi) is 4.19. The molecule has 1 aromatic carbocycles. The predicted octanol–water partition coefficient (Wildman–Crippen LogP) is 0.202. The minimum atomic E-state index is 0.0878. The van der Waals surface area contributed by atoms with Gasteiger partial charge in [-0.15, -0.1) is 0 Å². The van der Waals surface area contributed by atoms with Crippen LogP contribution in [-0.4, -0.2) is 48.2 Å². The van der Waals surface area contributed by atoms with Crippen molar-refractivity contribution in [1.82, 2.24) is 4.90 Å². The Hall–Kier alpha value is -1.30. The number of fused-ring (bicyclic) bond motifs is 1. The maximum Gasteiger partial charge on any atom is 0.231 e. The zero-order valence-electron chi connectivity index (χ0n) is 9.63. The molecule has 0 unspecified atom stereocenters. The third-order valence-corrected chi connectivity index (χ3v) is 2.68. The predicted molar refractivity (Wildman–Crippen MR) is 62.0 cm³/mol. The van der Waals surface area contributed by atoms with Crippen LogP contribution in [0.4, 0.5) is 0 Å². The Morgan fingerprint density at radius 1 is 1.06 bits per heavy atom. The van der Waals surface area contributed by atoms with Gasteiger partial charge in [0.25, 0.3) is 0 Å². The van der Waals surface area contributed by atoms with Gasteiger partial charge in [-0.1, -0.05) is 6.07 Å². The van der Waals surface area contributed by atoms with Crippen molar-refractivity contribution in [2.75, 3.05) is 33.1 Å². The number of hydrogen-bond acceptors (Lipinski definition) is 5. The Morgan fingerprint density at radius 3 is 2.47 bits per heavy atom. The molecule has 0 bridgehead atoms. The largest absolute Gasteiger partial charge is 0.454 e. The van der Waals surface area contributed by atoms with Gasteiger partial charge in [0.1, 0.15) is 0 Å². The summed E-state index contributed by atoms with van der Waals surface area (Å²) in [6, 6.07) is 5.78. The second-order valence-electron chi connectivity index (χ2n) is 3.91. The Bertz CT molecular complexity index is 364. The highest BCUT2D eigenvalue weighted by Gasteiger charge is 2.14. The summed E-state index contributed by atoms with van der Waals surface area (Å²) < 4.78 is 10.5. The molecule has 0 atom stereocenters. The van der Waals surface area contributed by atoms with E-state index in [1.807, 2.05) is 23.1 Å². The van der Waals surface area contributed by atoms with E-state index in [9.17, 15) is 0 Å². The number of aliphatic hydroxyl groups is 2. The highest BCUT2D eigenvalue weighted by molar-refractivity contribution is 5.44. The van der Waals surface area contributed by atoms with E-state index >= 15 is 0 Å². The number of hydrogen-bond donors (Lipinski definition) is 2. The summed E-state index contributed by atoms with van der Waals surface area (Å²) in [6.07, 6.45) is 0. The third kappa shape index (κ3) is 3.09. The molecule has 2 N–H and O–H groups in total. The van der Waals surface area contributed by atoms with Crippen molar-refractivity contribution in [3.63, 3.8) is 0 Å². The quantitative estimate of drug-likeness (QED) is 0.742. The SMILES string of the molecule is OCCN(CCO)Cc1ccc2c(c1)OCO2. The molecule has 0 saturated heterocycles. The second kappa shape index (κ2) is 5.86. The minimum absolute atomic E-state index is 0.0878. The van der Waals surface area contributed by atoms with Crippen molar-refractivity contribution in [3.8, 4) is 11.5 Å². The van der Waals surface area contributed by atoms with Gasteiger partial charge in [0.15, 0.2) is 11.5 Å². The molecule has 94 valence electrons. The number of nitrogens with zero attached hydrogens (tertiary/aromatic N) is 1. The molecule has 1 heterocycles. The second-order valence-corrected chi connectivity index (χ2v) is 3.91. The molecule has 0 radical (unpaired) electrons. The monoisotopic (exact) mass is 239 g/mol. The Morgan fingerprint density at radius 2 is 1.76 bits per heavy atom. The topological polar surface area (TPSA) is 62.2 Å². The van der Waals surface area contributed by atoms with Gasteiger partial charge in [0, 0.05) is 19.6 Å². The van der Waals surface area contributed by atoms with E-state index in [2.05, 4.69) is 0 Å². The van der Waals surface area contributed by atoms with Crippen molar-refractivity contribution in [2.24, 2.45) is 0 Å². The average molecular weight is 239 g/mol. The summed E-state index contributed by atoms with van der Waals surface area (Å²) in [5.41, 5.74) is 1.08. The van der Waals surface area contributed by atoms with E-state index in [1.165, 1.54) is 0 Å². The summed E-state index contributed by atoms with van der Waals surface area (Å²) in [6.45, 7) is 2.23. The average Bonchev–Trinajstić information content (AvgIpc) is 2.77. The van der Waals surface area contributed by atoms with Crippen molar-refractivity contribution in [3.05, 3.63) is 23.8 Å². The van der Waals surface area contributed by atoms with Crippen LogP contribution in [0.5, 0.6) is 11.5 Å².